The van der Waals surface area contributed by atoms with Crippen LogP contribution in [0.3, 0.4) is 0 Å². The van der Waals surface area contributed by atoms with Gasteiger partial charge in [0.2, 0.25) is 5.91 Å². The highest BCUT2D eigenvalue weighted by Gasteiger charge is 2.29. The molecule has 1 fully saturated rings. The van der Waals surface area contributed by atoms with Gasteiger partial charge in [0, 0.05) is 30.9 Å². The maximum absolute atomic E-state index is 13.5. The lowest BCUT2D eigenvalue weighted by Crippen LogP contribution is -2.42. The van der Waals surface area contributed by atoms with Crippen molar-refractivity contribution in [1.82, 2.24) is 19.2 Å². The number of carbonyl (C=O) groups is 1. The molecule has 1 aliphatic heterocycles. The third-order valence-corrected chi connectivity index (χ3v) is 6.84. The number of benzene rings is 2. The summed E-state index contributed by atoms with van der Waals surface area (Å²) in [6.45, 7) is 3.43. The van der Waals surface area contributed by atoms with Gasteiger partial charge >= 0.3 is 0 Å². The molecule has 0 N–H and O–H groups in total. The van der Waals surface area contributed by atoms with Crippen molar-refractivity contribution < 1.29 is 4.79 Å². The summed E-state index contributed by atoms with van der Waals surface area (Å²) in [5, 5.41) is 5.95. The first-order valence-corrected chi connectivity index (χ1v) is 11.3. The molecule has 0 spiro atoms. The fourth-order valence-electron chi connectivity index (χ4n) is 5.07. The maximum Gasteiger partial charge on any atom is 0.291 e. The van der Waals surface area contributed by atoms with Crippen molar-refractivity contribution in [1.29, 1.82) is 0 Å². The minimum Gasteiger partial charge on any atom is -0.341 e. The number of nitrogens with zero attached hydrogens (tertiary/aromatic N) is 4. The van der Waals surface area contributed by atoms with Crippen LogP contribution in [0.25, 0.3) is 21.8 Å². The van der Waals surface area contributed by atoms with E-state index in [0.29, 0.717) is 11.4 Å². The van der Waals surface area contributed by atoms with Crippen LogP contribution in [0.4, 0.5) is 0 Å². The Morgan fingerprint density at radius 3 is 2.47 bits per heavy atom. The average molecular weight is 429 g/mol. The molecule has 1 aliphatic rings. The number of piperidine rings is 1. The third kappa shape index (κ3) is 3.49. The van der Waals surface area contributed by atoms with E-state index < -0.39 is 6.04 Å². The highest BCUT2D eigenvalue weighted by atomic mass is 16.2. The molecule has 5 rings (SSSR count). The molecule has 6 nitrogen and oxygen atoms in total. The highest BCUT2D eigenvalue weighted by molar-refractivity contribution is 6.08. The normalized spacial score (nSPS) is 16.0. The Kier molecular flexibility index (Phi) is 5.29. The van der Waals surface area contributed by atoms with Crippen molar-refractivity contribution in [3.8, 4) is 0 Å². The van der Waals surface area contributed by atoms with E-state index in [1.807, 2.05) is 46.7 Å². The van der Waals surface area contributed by atoms with E-state index in [0.717, 1.165) is 48.6 Å². The van der Waals surface area contributed by atoms with Gasteiger partial charge < -0.3 is 9.47 Å². The molecule has 6 heteroatoms. The monoisotopic (exact) mass is 428 g/mol. The van der Waals surface area contributed by atoms with Crippen LogP contribution in [-0.2, 0) is 18.3 Å². The van der Waals surface area contributed by atoms with Gasteiger partial charge in [0.1, 0.15) is 11.6 Å². The Morgan fingerprint density at radius 1 is 1.03 bits per heavy atom. The van der Waals surface area contributed by atoms with Crippen molar-refractivity contribution in [2.75, 3.05) is 13.1 Å². The van der Waals surface area contributed by atoms with E-state index in [9.17, 15) is 9.59 Å². The molecule has 0 bridgehead atoms. The number of amides is 1. The van der Waals surface area contributed by atoms with Crippen LogP contribution in [-0.4, -0.2) is 38.2 Å². The first-order chi connectivity index (χ1) is 15.5. The molecule has 1 saturated heterocycles. The number of hydrogen-bond acceptors (Lipinski definition) is 3. The van der Waals surface area contributed by atoms with Gasteiger partial charge in [-0.05, 0) is 43.7 Å². The molecule has 2 aromatic heterocycles. The summed E-state index contributed by atoms with van der Waals surface area (Å²) < 4.78 is 3.25. The van der Waals surface area contributed by atoms with Gasteiger partial charge in [-0.25, -0.2) is 4.68 Å². The van der Waals surface area contributed by atoms with Gasteiger partial charge in [0.05, 0.1) is 11.7 Å². The second-order valence-electron chi connectivity index (χ2n) is 8.86. The van der Waals surface area contributed by atoms with E-state index in [2.05, 4.69) is 29.4 Å². The van der Waals surface area contributed by atoms with Gasteiger partial charge in [0.15, 0.2) is 0 Å². The lowest BCUT2D eigenvalue weighted by molar-refractivity contribution is -0.135. The van der Waals surface area contributed by atoms with E-state index >= 15 is 0 Å². The Labute approximate surface area is 187 Å². The SMILES string of the molecule is C[C@H](C(=O)N1CCC(Cc2ccccc2)CC1)n1c2ccccc2c2cnn(C)c(=O)c21. The summed E-state index contributed by atoms with van der Waals surface area (Å²) in [5.41, 5.74) is 2.62. The van der Waals surface area contributed by atoms with E-state index in [4.69, 9.17) is 0 Å². The first-order valence-electron chi connectivity index (χ1n) is 11.3. The van der Waals surface area contributed by atoms with Gasteiger partial charge in [-0.1, -0.05) is 48.5 Å². The van der Waals surface area contributed by atoms with Crippen molar-refractivity contribution in [2.45, 2.75) is 32.2 Å². The predicted molar refractivity (Wildman–Crippen MR) is 127 cm³/mol. The quantitative estimate of drug-likeness (QED) is 0.495. The number of carbonyl (C=O) groups excluding carboxylic acids is 1. The topological polar surface area (TPSA) is 60.1 Å². The molecule has 2 aromatic carbocycles. The van der Waals surface area contributed by atoms with Gasteiger partial charge in [0.25, 0.3) is 5.56 Å². The van der Waals surface area contributed by atoms with Crippen molar-refractivity contribution in [3.05, 3.63) is 76.7 Å². The summed E-state index contributed by atoms with van der Waals surface area (Å²) >= 11 is 0. The number of rotatable bonds is 4. The minimum atomic E-state index is -0.460. The third-order valence-electron chi connectivity index (χ3n) is 6.84. The maximum atomic E-state index is 13.5. The van der Waals surface area contributed by atoms with E-state index in [1.165, 1.54) is 10.2 Å². The fraction of sp³-hybridized carbons (Fsp3) is 0.346. The highest BCUT2D eigenvalue weighted by Crippen LogP contribution is 2.31. The van der Waals surface area contributed by atoms with Crippen LogP contribution in [0, 0.1) is 5.92 Å². The molecular weight excluding hydrogens is 400 g/mol. The van der Waals surface area contributed by atoms with E-state index in [-0.39, 0.29) is 11.5 Å². The molecule has 0 radical (unpaired) electrons. The Bertz CT molecular complexity index is 1330. The van der Waals surface area contributed by atoms with Crippen molar-refractivity contribution >= 4 is 27.7 Å². The Hall–Kier alpha value is -3.41. The van der Waals surface area contributed by atoms with Crippen LogP contribution in [0.1, 0.15) is 31.4 Å². The first kappa shape index (κ1) is 20.5. The largest absolute Gasteiger partial charge is 0.341 e. The summed E-state index contributed by atoms with van der Waals surface area (Å²) in [6.07, 6.45) is 4.80. The summed E-state index contributed by atoms with van der Waals surface area (Å²) in [5.74, 6) is 0.674. The molecule has 0 aliphatic carbocycles. The van der Waals surface area contributed by atoms with Crippen molar-refractivity contribution in [3.63, 3.8) is 0 Å². The Morgan fingerprint density at radius 2 is 1.72 bits per heavy atom. The predicted octanol–water partition coefficient (Wildman–Crippen LogP) is 3.93. The molecule has 32 heavy (non-hydrogen) atoms. The fourth-order valence-corrected chi connectivity index (χ4v) is 5.07. The number of aryl methyl sites for hydroxylation is 1. The lowest BCUT2D eigenvalue weighted by atomic mass is 9.90. The van der Waals surface area contributed by atoms with E-state index in [1.54, 1.807) is 13.2 Å². The molecule has 164 valence electrons. The van der Waals surface area contributed by atoms with Gasteiger partial charge in [-0.2, -0.15) is 5.10 Å². The van der Waals surface area contributed by atoms with Crippen LogP contribution in [0.5, 0.6) is 0 Å². The second-order valence-corrected chi connectivity index (χ2v) is 8.86. The van der Waals surface area contributed by atoms with Crippen LogP contribution >= 0.6 is 0 Å². The Balaban J connectivity index is 1.41. The number of fused-ring (bicyclic) bond motifs is 3. The standard InChI is InChI=1S/C26H28N4O2/c1-18(25(31)29-14-12-20(13-15-29)16-19-8-4-3-5-9-19)30-23-11-7-6-10-21(23)22-17-27-28(2)26(32)24(22)30/h3-11,17-18,20H,12-16H2,1-2H3/t18-/m1/s1. The molecule has 3 heterocycles. The van der Waals surface area contributed by atoms with Gasteiger partial charge in [-0.3, -0.25) is 9.59 Å². The second kappa shape index (κ2) is 8.26. The van der Waals surface area contributed by atoms with Gasteiger partial charge in [-0.15, -0.1) is 0 Å². The molecule has 1 atom stereocenters. The molecule has 1 amide bonds. The average Bonchev–Trinajstić information content (AvgIpc) is 3.17. The van der Waals surface area contributed by atoms with Crippen LogP contribution < -0.4 is 5.56 Å². The lowest BCUT2D eigenvalue weighted by Gasteiger charge is -2.34. The molecule has 0 saturated carbocycles. The zero-order valence-electron chi connectivity index (χ0n) is 18.6. The zero-order valence-corrected chi connectivity index (χ0v) is 18.6. The number of hydrogen-bond donors (Lipinski definition) is 0. The molecule has 4 aromatic rings. The number of para-hydroxylation sites is 1. The summed E-state index contributed by atoms with van der Waals surface area (Å²) in [4.78, 5) is 28.5. The summed E-state index contributed by atoms with van der Waals surface area (Å²) in [6, 6.07) is 18.0. The van der Waals surface area contributed by atoms with Crippen molar-refractivity contribution in [2.24, 2.45) is 13.0 Å². The zero-order chi connectivity index (χ0) is 22.2. The smallest absolute Gasteiger partial charge is 0.291 e. The molecular formula is C26H28N4O2. The number of aromatic nitrogens is 3. The van der Waals surface area contributed by atoms with Crippen LogP contribution in [0.15, 0.2) is 65.6 Å². The minimum absolute atomic E-state index is 0.0738. The molecule has 0 unspecified atom stereocenters. The number of likely N-dealkylation sites (tertiary alicyclic amines) is 1. The van der Waals surface area contributed by atoms with Crippen LogP contribution in [0.2, 0.25) is 0 Å². The summed E-state index contributed by atoms with van der Waals surface area (Å²) in [7, 11) is 1.65.